The normalized spacial score (nSPS) is 24.0. The minimum atomic E-state index is -1.97. The number of aliphatic hydroxyl groups is 1. The second-order valence-electron chi connectivity index (χ2n) is 7.29. The fourth-order valence-corrected chi connectivity index (χ4v) is 3.81. The van der Waals surface area contributed by atoms with Crippen LogP contribution in [0.2, 0.25) is 18.1 Å². The lowest BCUT2D eigenvalue weighted by Gasteiger charge is -2.41. The van der Waals surface area contributed by atoms with Gasteiger partial charge in [-0.1, -0.05) is 54.9 Å². The number of epoxide rings is 1. The lowest BCUT2D eigenvalue weighted by Crippen LogP contribution is -2.45. The molecule has 1 fully saturated rings. The van der Waals surface area contributed by atoms with E-state index in [1.54, 1.807) is 0 Å². The molecule has 21 heavy (non-hydrogen) atoms. The van der Waals surface area contributed by atoms with Crippen LogP contribution in [0.5, 0.6) is 0 Å². The van der Waals surface area contributed by atoms with Gasteiger partial charge in [-0.2, -0.15) is 0 Å². The Balaban J connectivity index is 2.38. The SMILES string of the molecule is CC(C)(C)[Si](C)(C)O[C@@H](c1ccccc1Br)[C@]1(CO)CO1. The zero-order valence-corrected chi connectivity index (χ0v) is 16.0. The van der Waals surface area contributed by atoms with Gasteiger partial charge in [0, 0.05) is 4.47 Å². The van der Waals surface area contributed by atoms with Crippen molar-refractivity contribution in [2.45, 2.75) is 50.6 Å². The van der Waals surface area contributed by atoms with E-state index in [2.05, 4.69) is 49.8 Å². The Labute approximate surface area is 136 Å². The molecule has 1 aliphatic heterocycles. The number of hydrogen-bond acceptors (Lipinski definition) is 3. The molecule has 0 amide bonds. The van der Waals surface area contributed by atoms with E-state index in [1.807, 2.05) is 24.3 Å². The Bertz CT molecular complexity index is 506. The smallest absolute Gasteiger partial charge is 0.193 e. The molecule has 1 aromatic carbocycles. The van der Waals surface area contributed by atoms with Crippen LogP contribution in [0.1, 0.15) is 32.4 Å². The highest BCUT2D eigenvalue weighted by Crippen LogP contribution is 2.49. The van der Waals surface area contributed by atoms with Gasteiger partial charge < -0.3 is 14.3 Å². The van der Waals surface area contributed by atoms with Crippen molar-refractivity contribution in [3.05, 3.63) is 34.3 Å². The lowest BCUT2D eigenvalue weighted by atomic mass is 9.97. The van der Waals surface area contributed by atoms with Gasteiger partial charge in [0.05, 0.1) is 13.2 Å². The predicted molar refractivity (Wildman–Crippen MR) is 90.9 cm³/mol. The fraction of sp³-hybridized carbons (Fsp3) is 0.625. The van der Waals surface area contributed by atoms with E-state index in [1.165, 1.54) is 0 Å². The summed E-state index contributed by atoms with van der Waals surface area (Å²) < 4.78 is 13.2. The molecule has 2 atom stereocenters. The van der Waals surface area contributed by atoms with E-state index >= 15 is 0 Å². The zero-order valence-electron chi connectivity index (χ0n) is 13.4. The molecule has 2 rings (SSSR count). The summed E-state index contributed by atoms with van der Waals surface area (Å²) in [4.78, 5) is 0. The summed E-state index contributed by atoms with van der Waals surface area (Å²) >= 11 is 3.60. The van der Waals surface area contributed by atoms with E-state index in [0.717, 1.165) is 10.0 Å². The standard InChI is InChI=1S/C16H25BrO3Si/c1-15(2,3)21(4,5)20-14(16(10-18)11-19-16)12-8-6-7-9-13(12)17/h6-9,14,18H,10-11H2,1-5H3/t14-,16-/m0/s1. The highest BCUT2D eigenvalue weighted by Gasteiger charge is 2.55. The molecule has 1 saturated heterocycles. The van der Waals surface area contributed by atoms with Gasteiger partial charge in [-0.05, 0) is 29.8 Å². The molecule has 0 saturated carbocycles. The van der Waals surface area contributed by atoms with Gasteiger partial charge in [0.1, 0.15) is 11.7 Å². The van der Waals surface area contributed by atoms with E-state index in [9.17, 15) is 5.11 Å². The maximum absolute atomic E-state index is 9.77. The molecule has 118 valence electrons. The molecule has 1 heterocycles. The monoisotopic (exact) mass is 372 g/mol. The van der Waals surface area contributed by atoms with Gasteiger partial charge in [-0.15, -0.1) is 0 Å². The molecule has 0 bridgehead atoms. The topological polar surface area (TPSA) is 42.0 Å². The number of hydrogen-bond donors (Lipinski definition) is 1. The van der Waals surface area contributed by atoms with Crippen LogP contribution >= 0.6 is 15.9 Å². The molecule has 1 aromatic rings. The van der Waals surface area contributed by atoms with Gasteiger partial charge in [0.25, 0.3) is 0 Å². The summed E-state index contributed by atoms with van der Waals surface area (Å²) in [6.45, 7) is 11.6. The van der Waals surface area contributed by atoms with E-state index in [4.69, 9.17) is 9.16 Å². The lowest BCUT2D eigenvalue weighted by molar-refractivity contribution is 0.0430. The minimum absolute atomic E-state index is 0.0202. The molecule has 5 heteroatoms. The number of aliphatic hydroxyl groups excluding tert-OH is 1. The summed E-state index contributed by atoms with van der Waals surface area (Å²) in [7, 11) is -1.97. The molecule has 1 aliphatic rings. The zero-order chi connectivity index (χ0) is 15.9. The van der Waals surface area contributed by atoms with Gasteiger partial charge in [0.15, 0.2) is 8.32 Å². The molecule has 0 unspecified atom stereocenters. The maximum Gasteiger partial charge on any atom is 0.193 e. The van der Waals surface area contributed by atoms with Gasteiger partial charge in [0.2, 0.25) is 0 Å². The Morgan fingerprint density at radius 1 is 1.38 bits per heavy atom. The third kappa shape index (κ3) is 3.42. The molecule has 3 nitrogen and oxygen atoms in total. The quantitative estimate of drug-likeness (QED) is 0.619. The Hall–Kier alpha value is -0.203. The van der Waals surface area contributed by atoms with Crippen LogP contribution in [0.4, 0.5) is 0 Å². The molecule has 0 aliphatic carbocycles. The summed E-state index contributed by atoms with van der Waals surface area (Å²) in [5, 5.41) is 9.88. The second kappa shape index (κ2) is 5.78. The molecular weight excluding hydrogens is 348 g/mol. The second-order valence-corrected chi connectivity index (χ2v) is 12.9. The van der Waals surface area contributed by atoms with Crippen molar-refractivity contribution in [1.29, 1.82) is 0 Å². The van der Waals surface area contributed by atoms with Crippen LogP contribution < -0.4 is 0 Å². The first kappa shape index (κ1) is 17.2. The number of ether oxygens (including phenoxy) is 1. The maximum atomic E-state index is 9.77. The van der Waals surface area contributed by atoms with Crippen LogP contribution in [0.25, 0.3) is 0 Å². The first-order chi connectivity index (χ1) is 9.63. The molecule has 0 spiro atoms. The average Bonchev–Trinajstić information content (AvgIpc) is 3.16. The van der Waals surface area contributed by atoms with Crippen LogP contribution in [-0.2, 0) is 9.16 Å². The molecular formula is C16H25BrO3Si. The minimum Gasteiger partial charge on any atom is -0.407 e. The van der Waals surface area contributed by atoms with Crippen molar-refractivity contribution in [3.8, 4) is 0 Å². The van der Waals surface area contributed by atoms with E-state index < -0.39 is 13.9 Å². The van der Waals surface area contributed by atoms with Crippen molar-refractivity contribution in [2.24, 2.45) is 0 Å². The van der Waals surface area contributed by atoms with E-state index in [0.29, 0.717) is 6.61 Å². The van der Waals surface area contributed by atoms with Crippen LogP contribution in [0, 0.1) is 0 Å². The highest BCUT2D eigenvalue weighted by molar-refractivity contribution is 9.10. The molecule has 0 radical (unpaired) electrons. The van der Waals surface area contributed by atoms with Crippen molar-refractivity contribution in [1.82, 2.24) is 0 Å². The summed E-state index contributed by atoms with van der Waals surface area (Å²) in [5.41, 5.74) is 0.466. The Morgan fingerprint density at radius 2 is 1.95 bits per heavy atom. The summed E-state index contributed by atoms with van der Waals surface area (Å²) in [6.07, 6.45) is -0.237. The summed E-state index contributed by atoms with van der Waals surface area (Å²) in [6, 6.07) is 8.03. The molecule has 1 N–H and O–H groups in total. The number of benzene rings is 1. The van der Waals surface area contributed by atoms with Crippen molar-refractivity contribution < 1.29 is 14.3 Å². The average molecular weight is 373 g/mol. The summed E-state index contributed by atoms with van der Waals surface area (Å²) in [5.74, 6) is 0. The number of rotatable bonds is 5. The van der Waals surface area contributed by atoms with Crippen molar-refractivity contribution in [2.75, 3.05) is 13.2 Å². The van der Waals surface area contributed by atoms with Crippen LogP contribution in [-0.4, -0.2) is 32.2 Å². The largest absolute Gasteiger partial charge is 0.407 e. The van der Waals surface area contributed by atoms with Gasteiger partial charge in [-0.3, -0.25) is 0 Å². The number of halogens is 1. The van der Waals surface area contributed by atoms with Crippen LogP contribution in [0.3, 0.4) is 0 Å². The predicted octanol–water partition coefficient (Wildman–Crippen LogP) is 4.27. The van der Waals surface area contributed by atoms with Crippen molar-refractivity contribution >= 4 is 24.2 Å². The first-order valence-corrected chi connectivity index (χ1v) is 11.0. The third-order valence-electron chi connectivity index (χ3n) is 4.67. The first-order valence-electron chi connectivity index (χ1n) is 7.30. The van der Waals surface area contributed by atoms with Gasteiger partial charge in [-0.25, -0.2) is 0 Å². The Morgan fingerprint density at radius 3 is 2.38 bits per heavy atom. The van der Waals surface area contributed by atoms with Gasteiger partial charge >= 0.3 is 0 Å². The molecule has 0 aromatic heterocycles. The van der Waals surface area contributed by atoms with E-state index in [-0.39, 0.29) is 17.7 Å². The van der Waals surface area contributed by atoms with Crippen molar-refractivity contribution in [3.63, 3.8) is 0 Å². The Kier molecular flexibility index (Phi) is 4.72. The van der Waals surface area contributed by atoms with Crippen LogP contribution in [0.15, 0.2) is 28.7 Å². The highest BCUT2D eigenvalue weighted by atomic mass is 79.9. The fourth-order valence-electron chi connectivity index (χ4n) is 2.03. The third-order valence-corrected chi connectivity index (χ3v) is 9.83.